The van der Waals surface area contributed by atoms with Gasteiger partial charge in [0.05, 0.1) is 18.6 Å². The van der Waals surface area contributed by atoms with Crippen molar-refractivity contribution in [1.29, 1.82) is 0 Å². The van der Waals surface area contributed by atoms with Crippen molar-refractivity contribution in [2.75, 3.05) is 17.3 Å². The Labute approximate surface area is 226 Å². The minimum atomic E-state index is -0.248. The van der Waals surface area contributed by atoms with Crippen LogP contribution < -0.4 is 10.2 Å². The lowest BCUT2D eigenvalue weighted by Crippen LogP contribution is -2.52. The highest BCUT2D eigenvalue weighted by atomic mass is 19.1. The molecule has 2 atom stereocenters. The van der Waals surface area contributed by atoms with E-state index in [9.17, 15) is 9.18 Å². The highest BCUT2D eigenvalue weighted by molar-refractivity contribution is 6.21. The molecule has 3 aliphatic rings. The lowest BCUT2D eigenvalue weighted by molar-refractivity contribution is 0.0866. The fraction of sp³-hybridized carbons (Fsp3) is 0.258. The van der Waals surface area contributed by atoms with Crippen molar-refractivity contribution in [3.05, 3.63) is 95.8 Å². The van der Waals surface area contributed by atoms with Crippen LogP contribution in [0.5, 0.6) is 0 Å². The SMILES string of the molecule is CN1C(=O)c2c(nn(Cc3ccc(-c4ccc(F)cc4)cc3)c2Nc2ccccc2)N2C1=N[C@@H]1CCCC[C@@H]12. The van der Waals surface area contributed by atoms with Crippen LogP contribution in [0.3, 0.4) is 0 Å². The fourth-order valence-corrected chi connectivity index (χ4v) is 5.99. The van der Waals surface area contributed by atoms with Crippen molar-refractivity contribution in [3.63, 3.8) is 0 Å². The van der Waals surface area contributed by atoms with Crippen LogP contribution >= 0.6 is 0 Å². The second-order valence-corrected chi connectivity index (χ2v) is 10.5. The molecule has 3 aromatic carbocycles. The van der Waals surface area contributed by atoms with E-state index in [0.717, 1.165) is 41.6 Å². The normalized spacial score (nSPS) is 19.8. The molecule has 7 nitrogen and oxygen atoms in total. The van der Waals surface area contributed by atoms with E-state index in [1.807, 2.05) is 54.2 Å². The summed E-state index contributed by atoms with van der Waals surface area (Å²) in [5.74, 6) is 1.72. The molecular formula is C31H29FN6O. The zero-order valence-electron chi connectivity index (χ0n) is 21.7. The highest BCUT2D eigenvalue weighted by Gasteiger charge is 2.48. The molecule has 39 heavy (non-hydrogen) atoms. The first kappa shape index (κ1) is 23.6. The molecule has 196 valence electrons. The van der Waals surface area contributed by atoms with E-state index in [1.54, 1.807) is 17.0 Å². The maximum atomic E-state index is 13.8. The third kappa shape index (κ3) is 4.07. The Hall–Kier alpha value is -4.46. The predicted octanol–water partition coefficient (Wildman–Crippen LogP) is 6.05. The standard InChI is InChI=1S/C31H29FN6O/c1-36-30(39)27-28(33-24-7-3-2-4-8-24)37(35-29(27)38-26-10-6-5-9-25(26)34-31(36)38)19-20-11-13-21(14-12-20)22-15-17-23(32)18-16-22/h2-4,7-8,11-18,25-26,33H,5-6,9-10,19H2,1H3/t25-,26+/m1/s1. The first-order valence-corrected chi connectivity index (χ1v) is 13.5. The van der Waals surface area contributed by atoms with Gasteiger partial charge in [-0.3, -0.25) is 14.6 Å². The molecule has 3 heterocycles. The van der Waals surface area contributed by atoms with Crippen LogP contribution in [-0.4, -0.2) is 45.7 Å². The summed E-state index contributed by atoms with van der Waals surface area (Å²) in [6, 6.07) is 25.0. The molecule has 1 N–H and O–H groups in total. The summed E-state index contributed by atoms with van der Waals surface area (Å²) in [4.78, 5) is 22.6. The Kier molecular flexibility index (Phi) is 5.68. The molecule has 0 spiro atoms. The van der Waals surface area contributed by atoms with Gasteiger partial charge in [-0.05, 0) is 53.8 Å². The Morgan fingerprint density at radius 3 is 2.36 bits per heavy atom. The number of benzene rings is 3. The summed E-state index contributed by atoms with van der Waals surface area (Å²) in [5, 5.41) is 8.56. The molecular weight excluding hydrogens is 491 g/mol. The molecule has 1 aromatic heterocycles. The lowest BCUT2D eigenvalue weighted by atomic mass is 9.90. The third-order valence-electron chi connectivity index (χ3n) is 8.00. The van der Waals surface area contributed by atoms with E-state index < -0.39 is 0 Å². The van der Waals surface area contributed by atoms with Gasteiger partial charge in [0, 0.05) is 12.7 Å². The van der Waals surface area contributed by atoms with Crippen molar-refractivity contribution < 1.29 is 9.18 Å². The molecule has 2 aliphatic heterocycles. The largest absolute Gasteiger partial charge is 0.340 e. The van der Waals surface area contributed by atoms with Gasteiger partial charge in [0.15, 0.2) is 5.82 Å². The zero-order valence-corrected chi connectivity index (χ0v) is 21.7. The number of fused-ring (bicyclic) bond motifs is 5. The van der Waals surface area contributed by atoms with Crippen LogP contribution in [0, 0.1) is 5.82 Å². The van der Waals surface area contributed by atoms with Crippen molar-refractivity contribution in [3.8, 4) is 11.1 Å². The Balaban J connectivity index is 1.29. The number of halogens is 1. The number of anilines is 3. The van der Waals surface area contributed by atoms with Crippen LogP contribution in [0.2, 0.25) is 0 Å². The molecule has 0 saturated heterocycles. The summed E-state index contributed by atoms with van der Waals surface area (Å²) in [7, 11) is 1.81. The second kappa shape index (κ2) is 9.38. The van der Waals surface area contributed by atoms with Crippen molar-refractivity contribution >= 4 is 29.2 Å². The molecule has 4 aromatic rings. The first-order chi connectivity index (χ1) is 19.1. The van der Waals surface area contributed by atoms with Crippen molar-refractivity contribution in [2.45, 2.75) is 44.3 Å². The second-order valence-electron chi connectivity index (χ2n) is 10.5. The topological polar surface area (TPSA) is 65.8 Å². The lowest BCUT2D eigenvalue weighted by Gasteiger charge is -2.36. The Morgan fingerprint density at radius 1 is 0.923 bits per heavy atom. The molecule has 1 saturated carbocycles. The van der Waals surface area contributed by atoms with Crippen LogP contribution in [0.4, 0.5) is 21.7 Å². The van der Waals surface area contributed by atoms with Gasteiger partial charge in [-0.1, -0.05) is 67.4 Å². The fourth-order valence-electron chi connectivity index (χ4n) is 5.99. The van der Waals surface area contributed by atoms with E-state index in [2.05, 4.69) is 22.3 Å². The number of carbonyl (C=O) groups is 1. The minimum absolute atomic E-state index is 0.102. The number of aliphatic imine (C=N–C) groups is 1. The number of para-hydroxylation sites is 1. The molecule has 0 unspecified atom stereocenters. The smallest absolute Gasteiger partial charge is 0.267 e. The molecule has 1 fully saturated rings. The number of carbonyl (C=O) groups excluding carboxylic acids is 1. The number of rotatable bonds is 5. The molecule has 1 amide bonds. The number of aromatic nitrogens is 2. The summed E-state index contributed by atoms with van der Waals surface area (Å²) < 4.78 is 15.3. The maximum Gasteiger partial charge on any atom is 0.267 e. The first-order valence-electron chi connectivity index (χ1n) is 13.5. The minimum Gasteiger partial charge on any atom is -0.340 e. The average molecular weight is 521 g/mol. The molecule has 8 heteroatoms. The number of hydrogen-bond acceptors (Lipinski definition) is 5. The van der Waals surface area contributed by atoms with Crippen molar-refractivity contribution in [1.82, 2.24) is 14.7 Å². The Morgan fingerprint density at radius 2 is 1.62 bits per heavy atom. The Bertz CT molecular complexity index is 1560. The quantitative estimate of drug-likeness (QED) is 0.348. The van der Waals surface area contributed by atoms with E-state index >= 15 is 0 Å². The van der Waals surface area contributed by atoms with Gasteiger partial charge < -0.3 is 5.32 Å². The van der Waals surface area contributed by atoms with Gasteiger partial charge in [0.2, 0.25) is 5.96 Å². The molecule has 0 bridgehead atoms. The van der Waals surface area contributed by atoms with Crippen LogP contribution in [0.15, 0.2) is 83.9 Å². The third-order valence-corrected chi connectivity index (χ3v) is 8.00. The summed E-state index contributed by atoms with van der Waals surface area (Å²) in [5.41, 5.74) is 4.48. The molecule has 0 radical (unpaired) electrons. The number of hydrogen-bond donors (Lipinski definition) is 1. The van der Waals surface area contributed by atoms with E-state index in [0.29, 0.717) is 29.7 Å². The van der Waals surface area contributed by atoms with Gasteiger partial charge in [-0.15, -0.1) is 0 Å². The number of nitrogens with one attached hydrogen (secondary N) is 1. The van der Waals surface area contributed by atoms with E-state index in [-0.39, 0.29) is 23.8 Å². The maximum absolute atomic E-state index is 13.8. The van der Waals surface area contributed by atoms with Crippen molar-refractivity contribution in [2.24, 2.45) is 4.99 Å². The van der Waals surface area contributed by atoms with Gasteiger partial charge in [-0.2, -0.15) is 5.10 Å². The van der Waals surface area contributed by atoms with Crippen LogP contribution in [0.1, 0.15) is 41.6 Å². The monoisotopic (exact) mass is 520 g/mol. The summed E-state index contributed by atoms with van der Waals surface area (Å²) >= 11 is 0. The molecule has 7 rings (SSSR count). The molecule has 1 aliphatic carbocycles. The van der Waals surface area contributed by atoms with Crippen LogP contribution in [-0.2, 0) is 6.54 Å². The van der Waals surface area contributed by atoms with E-state index in [4.69, 9.17) is 10.1 Å². The summed E-state index contributed by atoms with van der Waals surface area (Å²) in [6.07, 6.45) is 4.40. The zero-order chi connectivity index (χ0) is 26.5. The predicted molar refractivity (Wildman–Crippen MR) is 151 cm³/mol. The van der Waals surface area contributed by atoms with Gasteiger partial charge in [0.25, 0.3) is 5.91 Å². The van der Waals surface area contributed by atoms with Gasteiger partial charge in [0.1, 0.15) is 17.2 Å². The van der Waals surface area contributed by atoms with Gasteiger partial charge in [-0.25, -0.2) is 14.1 Å². The average Bonchev–Trinajstić information content (AvgIpc) is 3.52. The number of guanidine groups is 1. The summed E-state index contributed by atoms with van der Waals surface area (Å²) in [6.45, 7) is 0.483. The number of amides is 1. The van der Waals surface area contributed by atoms with Gasteiger partial charge >= 0.3 is 0 Å². The van der Waals surface area contributed by atoms with Crippen LogP contribution in [0.25, 0.3) is 11.1 Å². The highest BCUT2D eigenvalue weighted by Crippen LogP contribution is 2.42. The van der Waals surface area contributed by atoms with E-state index in [1.165, 1.54) is 18.6 Å². The number of nitrogens with zero attached hydrogens (tertiary/aromatic N) is 5.